The minimum absolute atomic E-state index is 0.537. The largest absolute Gasteiger partial charge is 0.340 e. The summed E-state index contributed by atoms with van der Waals surface area (Å²) in [7, 11) is 0. The quantitative estimate of drug-likeness (QED) is 0.885. The van der Waals surface area contributed by atoms with Gasteiger partial charge in [-0.3, -0.25) is 0 Å². The van der Waals surface area contributed by atoms with Gasteiger partial charge in [0.2, 0.25) is 0 Å². The van der Waals surface area contributed by atoms with Crippen LogP contribution in [-0.4, -0.2) is 4.98 Å². The Bertz CT molecular complexity index is 492. The highest BCUT2D eigenvalue weighted by atomic mass is 79.9. The van der Waals surface area contributed by atoms with Crippen LogP contribution in [0.2, 0.25) is 0 Å². The van der Waals surface area contributed by atoms with Crippen molar-refractivity contribution in [3.05, 3.63) is 52.6 Å². The van der Waals surface area contributed by atoms with Gasteiger partial charge in [-0.25, -0.2) is 4.98 Å². The molecule has 1 heterocycles. The van der Waals surface area contributed by atoms with Gasteiger partial charge in [-0.15, -0.1) is 0 Å². The van der Waals surface area contributed by atoms with Crippen LogP contribution in [0.15, 0.2) is 47.1 Å². The highest BCUT2D eigenvalue weighted by Crippen LogP contribution is 2.21. The third kappa shape index (κ3) is 3.30. The molecule has 0 saturated carbocycles. The van der Waals surface area contributed by atoms with Gasteiger partial charge in [0, 0.05) is 16.4 Å². The smallest absolute Gasteiger partial charge is 0.130 e. The topological polar surface area (TPSA) is 24.9 Å². The Balaban J connectivity index is 2.18. The summed E-state index contributed by atoms with van der Waals surface area (Å²) in [6.45, 7) is 4.38. The predicted octanol–water partition coefficient (Wildman–Crippen LogP) is 4.71. The van der Waals surface area contributed by atoms with E-state index in [0.717, 1.165) is 16.0 Å². The number of hydrogen-bond acceptors (Lipinski definition) is 2. The van der Waals surface area contributed by atoms with Crippen LogP contribution in [0.4, 0.5) is 11.5 Å². The van der Waals surface area contributed by atoms with Crippen molar-refractivity contribution in [2.24, 2.45) is 0 Å². The Labute approximate surface area is 110 Å². The molecular formula is C14H15BrN2. The van der Waals surface area contributed by atoms with Crippen LogP contribution in [0, 0.1) is 0 Å². The molecule has 1 N–H and O–H groups in total. The monoisotopic (exact) mass is 290 g/mol. The molecule has 2 nitrogen and oxygen atoms in total. The molecule has 1 aromatic carbocycles. The summed E-state index contributed by atoms with van der Waals surface area (Å²) in [6, 6.07) is 12.3. The van der Waals surface area contributed by atoms with Crippen LogP contribution >= 0.6 is 15.9 Å². The summed E-state index contributed by atoms with van der Waals surface area (Å²) >= 11 is 3.37. The molecule has 0 aliphatic rings. The minimum atomic E-state index is 0.537. The van der Waals surface area contributed by atoms with Crippen LogP contribution in [0.5, 0.6) is 0 Å². The number of benzene rings is 1. The number of halogens is 1. The zero-order chi connectivity index (χ0) is 12.3. The molecule has 0 unspecified atom stereocenters. The molecule has 0 amide bonds. The molecule has 2 aromatic rings. The summed E-state index contributed by atoms with van der Waals surface area (Å²) in [5.41, 5.74) is 2.40. The standard InChI is InChI=1S/C14H15BrN2/c1-10(2)11-4-3-5-13(8-11)17-14-7-6-12(15)9-16-14/h3-10H,1-2H3,(H,16,17). The molecule has 0 bridgehead atoms. The number of hydrogen-bond donors (Lipinski definition) is 1. The molecule has 88 valence electrons. The summed E-state index contributed by atoms with van der Waals surface area (Å²) in [5, 5.41) is 3.29. The molecule has 0 saturated heterocycles. The van der Waals surface area contributed by atoms with E-state index in [1.54, 1.807) is 6.20 Å². The third-order valence-corrected chi connectivity index (χ3v) is 3.02. The first-order valence-corrected chi connectivity index (χ1v) is 6.43. The molecule has 0 aliphatic heterocycles. The van der Waals surface area contributed by atoms with Gasteiger partial charge in [-0.1, -0.05) is 26.0 Å². The molecule has 0 spiro atoms. The van der Waals surface area contributed by atoms with Crippen molar-refractivity contribution in [3.63, 3.8) is 0 Å². The first-order valence-electron chi connectivity index (χ1n) is 5.63. The lowest BCUT2D eigenvalue weighted by molar-refractivity contribution is 0.867. The third-order valence-electron chi connectivity index (χ3n) is 2.55. The average molecular weight is 291 g/mol. The molecule has 1 aromatic heterocycles. The van der Waals surface area contributed by atoms with Crippen LogP contribution < -0.4 is 5.32 Å². The van der Waals surface area contributed by atoms with E-state index in [4.69, 9.17) is 0 Å². The van der Waals surface area contributed by atoms with E-state index in [-0.39, 0.29) is 0 Å². The second kappa shape index (κ2) is 5.32. The van der Waals surface area contributed by atoms with E-state index in [0.29, 0.717) is 5.92 Å². The summed E-state index contributed by atoms with van der Waals surface area (Å²) in [5.74, 6) is 1.39. The molecule has 0 fully saturated rings. The molecule has 0 atom stereocenters. The van der Waals surface area contributed by atoms with Crippen molar-refractivity contribution in [2.45, 2.75) is 19.8 Å². The van der Waals surface area contributed by atoms with Crippen molar-refractivity contribution < 1.29 is 0 Å². The first-order chi connectivity index (χ1) is 8.15. The van der Waals surface area contributed by atoms with Crippen molar-refractivity contribution in [1.82, 2.24) is 4.98 Å². The molecule has 3 heteroatoms. The average Bonchev–Trinajstić information content (AvgIpc) is 2.32. The first kappa shape index (κ1) is 12.1. The van der Waals surface area contributed by atoms with Gasteiger partial charge >= 0.3 is 0 Å². The fourth-order valence-corrected chi connectivity index (χ4v) is 1.81. The normalized spacial score (nSPS) is 10.6. The Morgan fingerprint density at radius 1 is 1.18 bits per heavy atom. The SMILES string of the molecule is CC(C)c1cccc(Nc2ccc(Br)cn2)c1. The minimum Gasteiger partial charge on any atom is -0.340 e. The van der Waals surface area contributed by atoms with Gasteiger partial charge < -0.3 is 5.32 Å². The number of rotatable bonds is 3. The molecule has 0 aliphatic carbocycles. The van der Waals surface area contributed by atoms with Crippen LogP contribution in [0.1, 0.15) is 25.3 Å². The van der Waals surface area contributed by atoms with Crippen molar-refractivity contribution in [1.29, 1.82) is 0 Å². The van der Waals surface area contributed by atoms with E-state index in [1.165, 1.54) is 5.56 Å². The van der Waals surface area contributed by atoms with Crippen molar-refractivity contribution >= 4 is 27.4 Å². The van der Waals surface area contributed by atoms with Crippen molar-refractivity contribution in [2.75, 3.05) is 5.32 Å². The second-order valence-electron chi connectivity index (χ2n) is 4.27. The zero-order valence-electron chi connectivity index (χ0n) is 9.94. The van der Waals surface area contributed by atoms with E-state index in [9.17, 15) is 0 Å². The van der Waals surface area contributed by atoms with Crippen LogP contribution in [0.3, 0.4) is 0 Å². The van der Waals surface area contributed by atoms with Gasteiger partial charge in [-0.2, -0.15) is 0 Å². The highest BCUT2D eigenvalue weighted by molar-refractivity contribution is 9.10. The van der Waals surface area contributed by atoms with Gasteiger partial charge in [-0.05, 0) is 51.7 Å². The lowest BCUT2D eigenvalue weighted by Crippen LogP contribution is -1.94. The highest BCUT2D eigenvalue weighted by Gasteiger charge is 2.01. The predicted molar refractivity (Wildman–Crippen MR) is 75.8 cm³/mol. The van der Waals surface area contributed by atoms with Crippen LogP contribution in [0.25, 0.3) is 0 Å². The Hall–Kier alpha value is -1.35. The zero-order valence-corrected chi connectivity index (χ0v) is 11.5. The van der Waals surface area contributed by atoms with Gasteiger partial charge in [0.15, 0.2) is 0 Å². The van der Waals surface area contributed by atoms with Gasteiger partial charge in [0.05, 0.1) is 0 Å². The summed E-state index contributed by atoms with van der Waals surface area (Å²) < 4.78 is 0.985. The Kier molecular flexibility index (Phi) is 3.79. The number of aromatic nitrogens is 1. The summed E-state index contributed by atoms with van der Waals surface area (Å²) in [4.78, 5) is 4.29. The van der Waals surface area contributed by atoms with Crippen molar-refractivity contribution in [3.8, 4) is 0 Å². The van der Waals surface area contributed by atoms with E-state index in [2.05, 4.69) is 64.3 Å². The Morgan fingerprint density at radius 2 is 2.00 bits per heavy atom. The fraction of sp³-hybridized carbons (Fsp3) is 0.214. The number of anilines is 2. The second-order valence-corrected chi connectivity index (χ2v) is 5.18. The van der Waals surface area contributed by atoms with Crippen LogP contribution in [-0.2, 0) is 0 Å². The lowest BCUT2D eigenvalue weighted by Gasteiger charge is -2.09. The number of nitrogens with zero attached hydrogens (tertiary/aromatic N) is 1. The number of pyridine rings is 1. The number of nitrogens with one attached hydrogen (secondary N) is 1. The molecule has 2 rings (SSSR count). The molecule has 0 radical (unpaired) electrons. The van der Waals surface area contributed by atoms with E-state index < -0.39 is 0 Å². The summed E-state index contributed by atoms with van der Waals surface area (Å²) in [6.07, 6.45) is 1.79. The van der Waals surface area contributed by atoms with Gasteiger partial charge in [0.25, 0.3) is 0 Å². The van der Waals surface area contributed by atoms with E-state index in [1.807, 2.05) is 12.1 Å². The Morgan fingerprint density at radius 3 is 2.65 bits per heavy atom. The fourth-order valence-electron chi connectivity index (χ4n) is 1.57. The maximum Gasteiger partial charge on any atom is 0.130 e. The maximum absolute atomic E-state index is 4.29. The molecular weight excluding hydrogens is 276 g/mol. The van der Waals surface area contributed by atoms with Gasteiger partial charge in [0.1, 0.15) is 5.82 Å². The lowest BCUT2D eigenvalue weighted by atomic mass is 10.0. The van der Waals surface area contributed by atoms with E-state index >= 15 is 0 Å². The maximum atomic E-state index is 4.29. The molecule has 17 heavy (non-hydrogen) atoms.